The van der Waals surface area contributed by atoms with Crippen molar-refractivity contribution in [1.29, 1.82) is 0 Å². The molecule has 2 aromatic rings. The molecule has 1 fully saturated rings. The van der Waals surface area contributed by atoms with E-state index in [1.807, 2.05) is 24.3 Å². The van der Waals surface area contributed by atoms with Gasteiger partial charge in [-0.15, -0.1) is 0 Å². The maximum absolute atomic E-state index is 12.0. The van der Waals surface area contributed by atoms with Gasteiger partial charge in [-0.3, -0.25) is 9.59 Å². The number of amides is 2. The second-order valence-electron chi connectivity index (χ2n) is 6.09. The van der Waals surface area contributed by atoms with Gasteiger partial charge in [-0.2, -0.15) is 0 Å². The fourth-order valence-electron chi connectivity index (χ4n) is 2.39. The highest BCUT2D eigenvalue weighted by molar-refractivity contribution is 5.94. The maximum Gasteiger partial charge on any atom is 0.228 e. The molecule has 25 heavy (non-hydrogen) atoms. The van der Waals surface area contributed by atoms with Crippen molar-refractivity contribution in [1.82, 2.24) is 4.98 Å². The Labute approximate surface area is 146 Å². The molecule has 1 aromatic carbocycles. The van der Waals surface area contributed by atoms with Gasteiger partial charge in [0.1, 0.15) is 11.6 Å². The third-order valence-corrected chi connectivity index (χ3v) is 4.05. The summed E-state index contributed by atoms with van der Waals surface area (Å²) >= 11 is 0. The van der Waals surface area contributed by atoms with Crippen molar-refractivity contribution < 1.29 is 14.3 Å². The van der Waals surface area contributed by atoms with Crippen LogP contribution in [0.4, 0.5) is 11.5 Å². The summed E-state index contributed by atoms with van der Waals surface area (Å²) in [4.78, 5) is 27.9. The van der Waals surface area contributed by atoms with Crippen molar-refractivity contribution in [3.63, 3.8) is 0 Å². The molecule has 1 aliphatic carbocycles. The molecule has 2 N–H and O–H groups in total. The molecule has 0 bridgehead atoms. The molecule has 0 spiro atoms. The van der Waals surface area contributed by atoms with Gasteiger partial charge in [-0.05, 0) is 49.1 Å². The molecule has 6 heteroatoms. The van der Waals surface area contributed by atoms with E-state index in [-0.39, 0.29) is 17.7 Å². The van der Waals surface area contributed by atoms with Gasteiger partial charge in [-0.25, -0.2) is 4.98 Å². The van der Waals surface area contributed by atoms with E-state index >= 15 is 0 Å². The number of methoxy groups -OCH3 is 1. The Morgan fingerprint density at radius 1 is 1.12 bits per heavy atom. The molecule has 0 atom stereocenters. The van der Waals surface area contributed by atoms with Gasteiger partial charge < -0.3 is 15.4 Å². The lowest BCUT2D eigenvalue weighted by atomic mass is 10.1. The van der Waals surface area contributed by atoms with Crippen LogP contribution in [0, 0.1) is 5.92 Å². The van der Waals surface area contributed by atoms with Crippen molar-refractivity contribution in [2.24, 2.45) is 5.92 Å². The summed E-state index contributed by atoms with van der Waals surface area (Å²) in [7, 11) is 1.62. The number of hydrogen-bond donors (Lipinski definition) is 2. The third-order valence-electron chi connectivity index (χ3n) is 4.05. The predicted molar refractivity (Wildman–Crippen MR) is 95.5 cm³/mol. The molecule has 1 saturated carbocycles. The Kier molecular flexibility index (Phi) is 5.28. The summed E-state index contributed by atoms with van der Waals surface area (Å²) in [5, 5.41) is 5.58. The Morgan fingerprint density at radius 3 is 2.48 bits per heavy atom. The largest absolute Gasteiger partial charge is 0.497 e. The van der Waals surface area contributed by atoms with Crippen LogP contribution >= 0.6 is 0 Å². The SMILES string of the molecule is COc1ccc(CCC(=O)Nc2ccc(NC(=O)C3CC3)nc2)cc1. The van der Waals surface area contributed by atoms with Gasteiger partial charge in [0.2, 0.25) is 11.8 Å². The molecule has 1 aromatic heterocycles. The number of carbonyl (C=O) groups is 2. The number of pyridine rings is 1. The van der Waals surface area contributed by atoms with E-state index in [0.29, 0.717) is 24.3 Å². The zero-order chi connectivity index (χ0) is 17.6. The van der Waals surface area contributed by atoms with Crippen LogP contribution in [-0.2, 0) is 16.0 Å². The monoisotopic (exact) mass is 339 g/mol. The molecule has 0 aliphatic heterocycles. The summed E-state index contributed by atoms with van der Waals surface area (Å²) in [5.74, 6) is 1.39. The molecule has 1 aliphatic rings. The number of anilines is 2. The first-order valence-corrected chi connectivity index (χ1v) is 8.34. The molecule has 3 rings (SSSR count). The third kappa shape index (κ3) is 5.04. The molecule has 0 saturated heterocycles. The first-order valence-electron chi connectivity index (χ1n) is 8.34. The second kappa shape index (κ2) is 7.79. The first kappa shape index (κ1) is 17.0. The maximum atomic E-state index is 12.0. The van der Waals surface area contributed by atoms with Gasteiger partial charge in [-0.1, -0.05) is 12.1 Å². The van der Waals surface area contributed by atoms with E-state index in [2.05, 4.69) is 15.6 Å². The smallest absolute Gasteiger partial charge is 0.228 e. The Hall–Kier alpha value is -2.89. The van der Waals surface area contributed by atoms with Crippen LogP contribution in [0.3, 0.4) is 0 Å². The molecule has 0 unspecified atom stereocenters. The number of nitrogens with one attached hydrogen (secondary N) is 2. The van der Waals surface area contributed by atoms with E-state index < -0.39 is 0 Å². The normalized spacial score (nSPS) is 13.2. The van der Waals surface area contributed by atoms with Gasteiger partial charge in [0, 0.05) is 12.3 Å². The van der Waals surface area contributed by atoms with Gasteiger partial charge in [0.25, 0.3) is 0 Å². The number of nitrogens with zero attached hydrogens (tertiary/aromatic N) is 1. The van der Waals surface area contributed by atoms with Gasteiger partial charge in [0.05, 0.1) is 19.0 Å². The Balaban J connectivity index is 1.45. The van der Waals surface area contributed by atoms with Crippen LogP contribution in [0.15, 0.2) is 42.6 Å². The molecule has 6 nitrogen and oxygen atoms in total. The fourth-order valence-corrected chi connectivity index (χ4v) is 2.39. The number of aromatic nitrogens is 1. The summed E-state index contributed by atoms with van der Waals surface area (Å²) in [5.41, 5.74) is 1.69. The number of hydrogen-bond acceptors (Lipinski definition) is 4. The van der Waals surface area contributed by atoms with Crippen LogP contribution in [-0.4, -0.2) is 23.9 Å². The van der Waals surface area contributed by atoms with E-state index in [1.54, 1.807) is 25.4 Å². The minimum Gasteiger partial charge on any atom is -0.497 e. The van der Waals surface area contributed by atoms with Gasteiger partial charge in [0.15, 0.2) is 0 Å². The summed E-state index contributed by atoms with van der Waals surface area (Å²) in [6, 6.07) is 11.1. The summed E-state index contributed by atoms with van der Waals surface area (Å²) in [6.45, 7) is 0. The highest BCUT2D eigenvalue weighted by Gasteiger charge is 2.29. The lowest BCUT2D eigenvalue weighted by Gasteiger charge is -2.07. The molecule has 0 radical (unpaired) electrons. The van der Waals surface area contributed by atoms with E-state index in [9.17, 15) is 9.59 Å². The summed E-state index contributed by atoms with van der Waals surface area (Å²) < 4.78 is 5.11. The number of rotatable bonds is 7. The lowest BCUT2D eigenvalue weighted by molar-refractivity contribution is -0.117. The Morgan fingerprint density at radius 2 is 1.88 bits per heavy atom. The van der Waals surface area contributed by atoms with Crippen LogP contribution in [0.1, 0.15) is 24.8 Å². The molecule has 1 heterocycles. The highest BCUT2D eigenvalue weighted by Crippen LogP contribution is 2.29. The second-order valence-corrected chi connectivity index (χ2v) is 6.09. The van der Waals surface area contributed by atoms with Crippen molar-refractivity contribution in [3.8, 4) is 5.75 Å². The number of aryl methyl sites for hydroxylation is 1. The van der Waals surface area contributed by atoms with Crippen molar-refractivity contribution in [3.05, 3.63) is 48.2 Å². The molecule has 130 valence electrons. The average molecular weight is 339 g/mol. The van der Waals surface area contributed by atoms with Crippen LogP contribution in [0.2, 0.25) is 0 Å². The topological polar surface area (TPSA) is 80.3 Å². The minimum absolute atomic E-state index is 0.0174. The standard InChI is InChI=1S/C19H21N3O3/c1-25-16-8-2-13(3-9-16)4-11-18(23)21-15-7-10-17(20-12-15)22-19(24)14-5-6-14/h2-3,7-10,12,14H,4-6,11H2,1H3,(H,21,23)(H,20,22,24). The number of ether oxygens (including phenoxy) is 1. The Bertz CT molecular complexity index is 738. The quantitative estimate of drug-likeness (QED) is 0.812. The van der Waals surface area contributed by atoms with E-state index in [0.717, 1.165) is 24.2 Å². The number of carbonyl (C=O) groups excluding carboxylic acids is 2. The molecular weight excluding hydrogens is 318 g/mol. The van der Waals surface area contributed by atoms with Crippen molar-refractivity contribution >= 4 is 23.3 Å². The summed E-state index contributed by atoms with van der Waals surface area (Å²) in [6.07, 6.45) is 4.49. The van der Waals surface area contributed by atoms with Gasteiger partial charge >= 0.3 is 0 Å². The van der Waals surface area contributed by atoms with Crippen LogP contribution in [0.5, 0.6) is 5.75 Å². The van der Waals surface area contributed by atoms with Crippen molar-refractivity contribution in [2.75, 3.05) is 17.7 Å². The van der Waals surface area contributed by atoms with E-state index in [1.165, 1.54) is 0 Å². The first-order chi connectivity index (χ1) is 12.1. The lowest BCUT2D eigenvalue weighted by Crippen LogP contribution is -2.15. The predicted octanol–water partition coefficient (Wildman–Crippen LogP) is 3.01. The molecular formula is C19H21N3O3. The zero-order valence-electron chi connectivity index (χ0n) is 14.1. The number of benzene rings is 1. The highest BCUT2D eigenvalue weighted by atomic mass is 16.5. The average Bonchev–Trinajstić information content (AvgIpc) is 3.47. The zero-order valence-corrected chi connectivity index (χ0v) is 14.1. The van der Waals surface area contributed by atoms with Crippen LogP contribution < -0.4 is 15.4 Å². The van der Waals surface area contributed by atoms with Crippen LogP contribution in [0.25, 0.3) is 0 Å². The molecule has 2 amide bonds. The minimum atomic E-state index is -0.0765. The van der Waals surface area contributed by atoms with E-state index in [4.69, 9.17) is 4.74 Å². The fraction of sp³-hybridized carbons (Fsp3) is 0.316. The van der Waals surface area contributed by atoms with Crippen molar-refractivity contribution in [2.45, 2.75) is 25.7 Å².